The molecular weight excluding hydrogens is 381 g/mol. The molecule has 1 atom stereocenters. The van der Waals surface area contributed by atoms with E-state index in [1.807, 2.05) is 11.8 Å². The first-order valence-corrected chi connectivity index (χ1v) is 9.54. The molecule has 1 saturated heterocycles. The maximum absolute atomic E-state index is 13.1. The Hall–Kier alpha value is -2.73. The lowest BCUT2D eigenvalue weighted by molar-refractivity contribution is 0.0695. The molecular formula is C21H19ClFN3O2. The second-order valence-electron chi connectivity index (χ2n) is 6.97. The summed E-state index contributed by atoms with van der Waals surface area (Å²) in [7, 11) is 0. The van der Waals surface area contributed by atoms with E-state index in [1.54, 1.807) is 30.3 Å². The van der Waals surface area contributed by atoms with E-state index in [0.29, 0.717) is 41.0 Å². The van der Waals surface area contributed by atoms with Gasteiger partial charge in [-0.1, -0.05) is 22.8 Å². The van der Waals surface area contributed by atoms with E-state index in [0.717, 1.165) is 18.4 Å². The van der Waals surface area contributed by atoms with Crippen LogP contribution in [0.2, 0.25) is 5.02 Å². The van der Waals surface area contributed by atoms with E-state index in [9.17, 15) is 9.18 Å². The molecule has 1 amide bonds. The minimum atomic E-state index is -0.315. The third-order valence-corrected chi connectivity index (χ3v) is 5.51. The van der Waals surface area contributed by atoms with E-state index >= 15 is 0 Å². The van der Waals surface area contributed by atoms with Crippen LogP contribution >= 0.6 is 11.6 Å². The lowest BCUT2D eigenvalue weighted by atomic mass is 9.96. The summed E-state index contributed by atoms with van der Waals surface area (Å²) >= 11 is 6.16. The Bertz CT molecular complexity index is 1000. The summed E-state index contributed by atoms with van der Waals surface area (Å²) in [5, 5.41) is 4.60. The fraction of sp³-hybridized carbons (Fsp3) is 0.286. The summed E-state index contributed by atoms with van der Waals surface area (Å²) in [6.07, 6.45) is 1.72. The van der Waals surface area contributed by atoms with Crippen LogP contribution in [0.1, 0.15) is 40.6 Å². The van der Waals surface area contributed by atoms with Crippen LogP contribution in [0.4, 0.5) is 4.39 Å². The third kappa shape index (κ3) is 3.64. The minimum Gasteiger partial charge on any atom is -0.339 e. The molecule has 0 spiro atoms. The van der Waals surface area contributed by atoms with Crippen molar-refractivity contribution in [2.75, 3.05) is 13.1 Å². The molecule has 28 heavy (non-hydrogen) atoms. The molecule has 4 rings (SSSR count). The number of nitrogens with zero attached hydrogens (tertiary/aromatic N) is 3. The molecule has 1 fully saturated rings. The van der Waals surface area contributed by atoms with Gasteiger partial charge in [0.15, 0.2) is 0 Å². The fourth-order valence-electron chi connectivity index (χ4n) is 3.49. The summed E-state index contributed by atoms with van der Waals surface area (Å²) in [4.78, 5) is 19.3. The maximum Gasteiger partial charge on any atom is 0.254 e. The zero-order chi connectivity index (χ0) is 19.7. The van der Waals surface area contributed by atoms with Crippen molar-refractivity contribution in [2.24, 2.45) is 0 Å². The molecule has 0 N–H and O–H groups in total. The van der Waals surface area contributed by atoms with Crippen molar-refractivity contribution in [3.05, 3.63) is 70.3 Å². The molecule has 2 heterocycles. The van der Waals surface area contributed by atoms with Gasteiger partial charge in [-0.05, 0) is 61.7 Å². The Morgan fingerprint density at radius 3 is 2.82 bits per heavy atom. The van der Waals surface area contributed by atoms with E-state index in [2.05, 4.69) is 10.1 Å². The Balaban J connectivity index is 1.52. The van der Waals surface area contributed by atoms with Crippen molar-refractivity contribution in [3.63, 3.8) is 0 Å². The largest absolute Gasteiger partial charge is 0.339 e. The Kier molecular flexibility index (Phi) is 5.13. The highest BCUT2D eigenvalue weighted by Crippen LogP contribution is 2.29. The summed E-state index contributed by atoms with van der Waals surface area (Å²) in [5.41, 5.74) is 2.09. The highest BCUT2D eigenvalue weighted by molar-refractivity contribution is 6.31. The Morgan fingerprint density at radius 2 is 2.04 bits per heavy atom. The van der Waals surface area contributed by atoms with Crippen molar-refractivity contribution < 1.29 is 13.7 Å². The number of aromatic nitrogens is 2. The third-order valence-electron chi connectivity index (χ3n) is 5.10. The monoisotopic (exact) mass is 399 g/mol. The lowest BCUT2D eigenvalue weighted by Gasteiger charge is -2.31. The van der Waals surface area contributed by atoms with Crippen LogP contribution in [0.5, 0.6) is 0 Å². The van der Waals surface area contributed by atoms with Gasteiger partial charge in [-0.15, -0.1) is 0 Å². The van der Waals surface area contributed by atoms with Crippen molar-refractivity contribution in [1.82, 2.24) is 15.0 Å². The standard InChI is InChI=1S/C21H19ClFN3O2/c1-13-17(5-2-6-18(13)22)21(27)26-11-3-4-15(12-26)20-24-19(25-28-20)14-7-9-16(23)10-8-14/h2,5-10,15H,3-4,11-12H2,1H3/t15-/m0/s1. The number of hydrogen-bond acceptors (Lipinski definition) is 4. The second kappa shape index (κ2) is 7.72. The van der Waals surface area contributed by atoms with Crippen molar-refractivity contribution in [2.45, 2.75) is 25.7 Å². The van der Waals surface area contributed by atoms with Gasteiger partial charge in [-0.25, -0.2) is 4.39 Å². The van der Waals surface area contributed by atoms with Crippen molar-refractivity contribution in [1.29, 1.82) is 0 Å². The van der Waals surface area contributed by atoms with Gasteiger partial charge in [-0.3, -0.25) is 4.79 Å². The average molecular weight is 400 g/mol. The van der Waals surface area contributed by atoms with Gasteiger partial charge >= 0.3 is 0 Å². The first-order chi connectivity index (χ1) is 13.5. The van der Waals surface area contributed by atoms with Crippen molar-refractivity contribution in [3.8, 4) is 11.4 Å². The number of halogens is 2. The van der Waals surface area contributed by atoms with Gasteiger partial charge in [0, 0.05) is 29.2 Å². The molecule has 0 unspecified atom stereocenters. The van der Waals surface area contributed by atoms with Crippen LogP contribution in [0.15, 0.2) is 47.0 Å². The number of benzene rings is 2. The van der Waals surface area contributed by atoms with Gasteiger partial charge in [0.25, 0.3) is 5.91 Å². The highest BCUT2D eigenvalue weighted by Gasteiger charge is 2.30. The van der Waals surface area contributed by atoms with Crippen LogP contribution in [-0.4, -0.2) is 34.0 Å². The number of amides is 1. The van der Waals surface area contributed by atoms with Crippen LogP contribution in [-0.2, 0) is 0 Å². The van der Waals surface area contributed by atoms with Crippen LogP contribution in [0, 0.1) is 12.7 Å². The number of likely N-dealkylation sites (tertiary alicyclic amines) is 1. The van der Waals surface area contributed by atoms with E-state index in [-0.39, 0.29) is 17.6 Å². The fourth-order valence-corrected chi connectivity index (χ4v) is 3.66. The maximum atomic E-state index is 13.1. The first-order valence-electron chi connectivity index (χ1n) is 9.17. The number of carbonyl (C=O) groups excluding carboxylic acids is 1. The molecule has 1 aliphatic heterocycles. The summed E-state index contributed by atoms with van der Waals surface area (Å²) < 4.78 is 18.6. The predicted molar refractivity (Wildman–Crippen MR) is 104 cm³/mol. The van der Waals surface area contributed by atoms with E-state index in [4.69, 9.17) is 16.1 Å². The van der Waals surface area contributed by atoms with Crippen LogP contribution < -0.4 is 0 Å². The normalized spacial score (nSPS) is 17.0. The number of piperidine rings is 1. The van der Waals surface area contributed by atoms with Gasteiger partial charge in [0.1, 0.15) is 5.82 Å². The molecule has 5 nitrogen and oxygen atoms in total. The van der Waals surface area contributed by atoms with Gasteiger partial charge in [-0.2, -0.15) is 4.98 Å². The number of carbonyl (C=O) groups is 1. The Labute approximate surface area is 167 Å². The molecule has 1 aliphatic rings. The molecule has 7 heteroatoms. The molecule has 0 saturated carbocycles. The number of rotatable bonds is 3. The molecule has 144 valence electrons. The molecule has 0 bridgehead atoms. The molecule has 1 aromatic heterocycles. The topological polar surface area (TPSA) is 59.2 Å². The van der Waals surface area contributed by atoms with Crippen LogP contribution in [0.25, 0.3) is 11.4 Å². The minimum absolute atomic E-state index is 0.0288. The smallest absolute Gasteiger partial charge is 0.254 e. The van der Waals surface area contributed by atoms with Gasteiger partial charge in [0.2, 0.25) is 11.7 Å². The predicted octanol–water partition coefficient (Wildman–Crippen LogP) is 4.86. The second-order valence-corrected chi connectivity index (χ2v) is 7.37. The SMILES string of the molecule is Cc1c(Cl)cccc1C(=O)N1CCC[C@H](c2nc(-c3ccc(F)cc3)no2)C1. The highest BCUT2D eigenvalue weighted by atomic mass is 35.5. The summed E-state index contributed by atoms with van der Waals surface area (Å²) in [6.45, 7) is 3.04. The quantitative estimate of drug-likeness (QED) is 0.631. The van der Waals surface area contributed by atoms with Gasteiger partial charge in [0.05, 0.1) is 5.92 Å². The van der Waals surface area contributed by atoms with Crippen LogP contribution in [0.3, 0.4) is 0 Å². The van der Waals surface area contributed by atoms with Crippen molar-refractivity contribution >= 4 is 17.5 Å². The Morgan fingerprint density at radius 1 is 1.25 bits per heavy atom. The lowest BCUT2D eigenvalue weighted by Crippen LogP contribution is -2.39. The molecule has 3 aromatic rings. The summed E-state index contributed by atoms with van der Waals surface area (Å²) in [5.74, 6) is 0.538. The zero-order valence-corrected chi connectivity index (χ0v) is 16.1. The molecule has 2 aromatic carbocycles. The van der Waals surface area contributed by atoms with E-state index in [1.165, 1.54) is 12.1 Å². The molecule has 0 aliphatic carbocycles. The van der Waals surface area contributed by atoms with Gasteiger partial charge < -0.3 is 9.42 Å². The van der Waals surface area contributed by atoms with E-state index < -0.39 is 0 Å². The zero-order valence-electron chi connectivity index (χ0n) is 15.4. The number of hydrogen-bond donors (Lipinski definition) is 0. The first kappa shape index (κ1) is 18.6. The average Bonchev–Trinajstić information content (AvgIpc) is 3.20. The molecule has 0 radical (unpaired) electrons. The summed E-state index contributed by atoms with van der Waals surface area (Å²) in [6, 6.07) is 11.3.